The van der Waals surface area contributed by atoms with E-state index in [-0.39, 0.29) is 6.10 Å². The maximum Gasteiger partial charge on any atom is 0.191 e. The summed E-state index contributed by atoms with van der Waals surface area (Å²) in [4.78, 5) is 0. The van der Waals surface area contributed by atoms with E-state index in [2.05, 4.69) is 15.8 Å². The predicted octanol–water partition coefficient (Wildman–Crippen LogP) is 3.79. The van der Waals surface area contributed by atoms with Gasteiger partial charge in [-0.25, -0.2) is 0 Å². The van der Waals surface area contributed by atoms with E-state index in [1.165, 1.54) is 0 Å². The minimum Gasteiger partial charge on any atom is -0.491 e. The van der Waals surface area contributed by atoms with Crippen LogP contribution < -0.4 is 15.5 Å². The van der Waals surface area contributed by atoms with Gasteiger partial charge in [-0.3, -0.25) is 5.43 Å². The van der Waals surface area contributed by atoms with E-state index in [9.17, 15) is 0 Å². The average Bonchev–Trinajstić information content (AvgIpc) is 2.48. The van der Waals surface area contributed by atoms with Gasteiger partial charge in [0.15, 0.2) is 5.11 Å². The van der Waals surface area contributed by atoms with Gasteiger partial charge in [0, 0.05) is 5.69 Å². The van der Waals surface area contributed by atoms with Gasteiger partial charge in [0.05, 0.1) is 12.3 Å². The summed E-state index contributed by atoms with van der Waals surface area (Å²) in [6, 6.07) is 17.4. The Kier molecular flexibility index (Phi) is 5.91. The molecule has 0 aliphatic carbocycles. The zero-order valence-electron chi connectivity index (χ0n) is 12.6. The van der Waals surface area contributed by atoms with Crippen molar-refractivity contribution in [3.05, 3.63) is 60.2 Å². The number of para-hydroxylation sites is 1. The lowest BCUT2D eigenvalue weighted by molar-refractivity contribution is 0.242. The Balaban J connectivity index is 1.88. The molecule has 114 valence electrons. The topological polar surface area (TPSA) is 45.6 Å². The van der Waals surface area contributed by atoms with Crippen LogP contribution in [0.15, 0.2) is 59.7 Å². The van der Waals surface area contributed by atoms with Gasteiger partial charge in [0.2, 0.25) is 0 Å². The van der Waals surface area contributed by atoms with Crippen LogP contribution in [0, 0.1) is 0 Å². The van der Waals surface area contributed by atoms with E-state index < -0.39 is 0 Å². The highest BCUT2D eigenvalue weighted by Crippen LogP contribution is 2.13. The van der Waals surface area contributed by atoms with Crippen LogP contribution in [-0.2, 0) is 0 Å². The van der Waals surface area contributed by atoms with Crippen LogP contribution in [0.25, 0.3) is 0 Å². The Morgan fingerprint density at radius 1 is 1.14 bits per heavy atom. The first kappa shape index (κ1) is 16.0. The molecule has 4 nitrogen and oxygen atoms in total. The van der Waals surface area contributed by atoms with Gasteiger partial charge in [0.1, 0.15) is 5.75 Å². The molecule has 0 radical (unpaired) electrons. The van der Waals surface area contributed by atoms with Crippen LogP contribution in [0.1, 0.15) is 19.4 Å². The molecule has 0 heterocycles. The smallest absolute Gasteiger partial charge is 0.191 e. The number of nitrogens with one attached hydrogen (secondary N) is 2. The van der Waals surface area contributed by atoms with Crippen molar-refractivity contribution in [3.63, 3.8) is 0 Å². The Morgan fingerprint density at radius 2 is 1.91 bits per heavy atom. The van der Waals surface area contributed by atoms with Gasteiger partial charge >= 0.3 is 0 Å². The molecule has 2 rings (SSSR count). The molecule has 0 unspecified atom stereocenters. The number of rotatable bonds is 5. The normalized spacial score (nSPS) is 10.7. The summed E-state index contributed by atoms with van der Waals surface area (Å²) in [5, 5.41) is 7.61. The third-order valence-corrected chi connectivity index (χ3v) is 2.83. The van der Waals surface area contributed by atoms with Crippen molar-refractivity contribution in [2.45, 2.75) is 20.0 Å². The van der Waals surface area contributed by atoms with Crippen LogP contribution in [0.4, 0.5) is 5.69 Å². The van der Waals surface area contributed by atoms with E-state index >= 15 is 0 Å². The molecule has 0 atom stereocenters. The Hall–Kier alpha value is -2.40. The van der Waals surface area contributed by atoms with Crippen LogP contribution in [0.3, 0.4) is 0 Å². The largest absolute Gasteiger partial charge is 0.491 e. The number of ether oxygens (including phenoxy) is 1. The summed E-state index contributed by atoms with van der Waals surface area (Å²) in [6.07, 6.45) is 1.85. The first-order valence-electron chi connectivity index (χ1n) is 7.05. The molecule has 2 N–H and O–H groups in total. The quantitative estimate of drug-likeness (QED) is 0.501. The van der Waals surface area contributed by atoms with Crippen LogP contribution in [-0.4, -0.2) is 17.4 Å². The van der Waals surface area contributed by atoms with Gasteiger partial charge in [-0.05, 0) is 55.9 Å². The minimum atomic E-state index is 0.146. The standard InChI is InChI=1S/C17H19N3OS/c1-13(2)21-16-10-6-7-14(11-16)12-18-20-17(22)19-15-8-4-3-5-9-15/h3-13H,1-2H3,(H2,19,20,22). The van der Waals surface area contributed by atoms with Crippen LogP contribution >= 0.6 is 12.2 Å². The van der Waals surface area contributed by atoms with Crippen LogP contribution in [0.5, 0.6) is 5.75 Å². The lowest BCUT2D eigenvalue weighted by Gasteiger charge is -2.09. The molecule has 5 heteroatoms. The molecule has 0 spiro atoms. The lowest BCUT2D eigenvalue weighted by Crippen LogP contribution is -2.23. The molecule has 0 aliphatic rings. The maximum atomic E-state index is 5.64. The third-order valence-electron chi connectivity index (χ3n) is 2.64. The van der Waals surface area contributed by atoms with Gasteiger partial charge < -0.3 is 10.1 Å². The first-order chi connectivity index (χ1) is 10.6. The predicted molar refractivity (Wildman–Crippen MR) is 95.6 cm³/mol. The average molecular weight is 313 g/mol. The van der Waals surface area contributed by atoms with E-state index in [4.69, 9.17) is 17.0 Å². The van der Waals surface area contributed by atoms with Crippen molar-refractivity contribution in [1.29, 1.82) is 0 Å². The molecule has 0 saturated carbocycles. The molecule has 22 heavy (non-hydrogen) atoms. The van der Waals surface area contributed by atoms with Gasteiger partial charge in [-0.1, -0.05) is 30.3 Å². The summed E-state index contributed by atoms with van der Waals surface area (Å²) in [5.41, 5.74) is 4.65. The summed E-state index contributed by atoms with van der Waals surface area (Å²) in [5.74, 6) is 0.823. The molecule has 0 aliphatic heterocycles. The van der Waals surface area contributed by atoms with Crippen molar-refractivity contribution < 1.29 is 4.74 Å². The second-order valence-electron chi connectivity index (χ2n) is 4.93. The van der Waals surface area contributed by atoms with Crippen molar-refractivity contribution in [2.75, 3.05) is 5.32 Å². The highest BCUT2D eigenvalue weighted by atomic mass is 32.1. The number of anilines is 1. The molecule has 2 aromatic rings. The Morgan fingerprint density at radius 3 is 2.64 bits per heavy atom. The van der Waals surface area contributed by atoms with Gasteiger partial charge in [-0.15, -0.1) is 0 Å². The molecular weight excluding hydrogens is 294 g/mol. The molecule has 0 amide bonds. The fourth-order valence-electron chi connectivity index (χ4n) is 1.79. The molecule has 0 bridgehead atoms. The molecule has 0 aromatic heterocycles. The van der Waals surface area contributed by atoms with Crippen molar-refractivity contribution in [1.82, 2.24) is 5.43 Å². The number of hydrogen-bond donors (Lipinski definition) is 2. The highest BCUT2D eigenvalue weighted by molar-refractivity contribution is 7.80. The van der Waals surface area contributed by atoms with E-state index in [1.807, 2.05) is 68.4 Å². The number of hydrazone groups is 1. The second kappa shape index (κ2) is 8.14. The number of thiocarbonyl (C=S) groups is 1. The summed E-state index contributed by atoms with van der Waals surface area (Å²) in [7, 11) is 0. The fraction of sp³-hybridized carbons (Fsp3) is 0.176. The van der Waals surface area contributed by atoms with Crippen molar-refractivity contribution >= 4 is 29.2 Å². The second-order valence-corrected chi connectivity index (χ2v) is 5.34. The lowest BCUT2D eigenvalue weighted by atomic mass is 10.2. The molecular formula is C17H19N3OS. The first-order valence-corrected chi connectivity index (χ1v) is 7.46. The maximum absolute atomic E-state index is 5.64. The Bertz CT molecular complexity index is 641. The zero-order valence-corrected chi connectivity index (χ0v) is 13.4. The summed E-state index contributed by atoms with van der Waals surface area (Å²) < 4.78 is 5.64. The van der Waals surface area contributed by atoms with Crippen molar-refractivity contribution in [2.24, 2.45) is 5.10 Å². The van der Waals surface area contributed by atoms with E-state index in [0.717, 1.165) is 17.0 Å². The monoisotopic (exact) mass is 313 g/mol. The van der Waals surface area contributed by atoms with Crippen molar-refractivity contribution in [3.8, 4) is 5.75 Å². The third kappa shape index (κ3) is 5.54. The molecule has 2 aromatic carbocycles. The molecule has 0 saturated heterocycles. The summed E-state index contributed by atoms with van der Waals surface area (Å²) >= 11 is 5.17. The van der Waals surface area contributed by atoms with Gasteiger partial charge in [0.25, 0.3) is 0 Å². The molecule has 0 fully saturated rings. The number of hydrogen-bond acceptors (Lipinski definition) is 3. The van der Waals surface area contributed by atoms with Crippen LogP contribution in [0.2, 0.25) is 0 Å². The fourth-order valence-corrected chi connectivity index (χ4v) is 1.96. The number of nitrogens with zero attached hydrogens (tertiary/aromatic N) is 1. The minimum absolute atomic E-state index is 0.146. The zero-order chi connectivity index (χ0) is 15.8. The SMILES string of the molecule is CC(C)Oc1cccc(C=NNC(=S)Nc2ccccc2)c1. The van der Waals surface area contributed by atoms with E-state index in [1.54, 1.807) is 6.21 Å². The van der Waals surface area contributed by atoms with E-state index in [0.29, 0.717) is 5.11 Å². The van der Waals surface area contributed by atoms with Gasteiger partial charge in [-0.2, -0.15) is 5.10 Å². The summed E-state index contributed by atoms with van der Waals surface area (Å²) in [6.45, 7) is 3.99. The number of benzene rings is 2. The highest BCUT2D eigenvalue weighted by Gasteiger charge is 1.98. The Labute approximate surface area is 136 Å².